The molecular formula is C18H14BrClN2O3. The number of ether oxygens (including phenoxy) is 1. The third-order valence-electron chi connectivity index (χ3n) is 3.53. The minimum absolute atomic E-state index is 0.221. The minimum atomic E-state index is -0.650. The molecule has 2 aromatic carbocycles. The average Bonchev–Trinajstić information content (AvgIpc) is 3.03. The van der Waals surface area contributed by atoms with Gasteiger partial charge in [0.05, 0.1) is 0 Å². The normalized spacial score (nSPS) is 11.8. The van der Waals surface area contributed by atoms with Crippen molar-refractivity contribution in [2.24, 2.45) is 0 Å². The van der Waals surface area contributed by atoms with Gasteiger partial charge in [0.15, 0.2) is 6.39 Å². The molecule has 0 aliphatic carbocycles. The third-order valence-corrected chi connectivity index (χ3v) is 4.40. The molecule has 0 fully saturated rings. The molecule has 0 radical (unpaired) electrons. The number of hydrogen-bond donors (Lipinski definition) is 1. The summed E-state index contributed by atoms with van der Waals surface area (Å²) in [6.07, 6.45) is 0.111. The Kier molecular flexibility index (Phi) is 5.40. The monoisotopic (exact) mass is 420 g/mol. The quantitative estimate of drug-likeness (QED) is 0.555. The van der Waals surface area contributed by atoms with Crippen molar-refractivity contribution in [1.82, 2.24) is 4.98 Å². The van der Waals surface area contributed by atoms with E-state index in [2.05, 4.69) is 26.2 Å². The molecule has 0 spiro atoms. The highest BCUT2D eigenvalue weighted by Gasteiger charge is 2.18. The van der Waals surface area contributed by atoms with Gasteiger partial charge in [-0.3, -0.25) is 5.32 Å². The molecule has 0 unspecified atom stereocenters. The molecule has 3 aromatic rings. The molecule has 0 bridgehead atoms. The van der Waals surface area contributed by atoms with E-state index in [1.54, 1.807) is 13.0 Å². The van der Waals surface area contributed by atoms with E-state index in [-0.39, 0.29) is 5.88 Å². The third kappa shape index (κ3) is 4.21. The molecule has 128 valence electrons. The molecule has 1 amide bonds. The topological polar surface area (TPSA) is 64.4 Å². The largest absolute Gasteiger partial charge is 0.441 e. The van der Waals surface area contributed by atoms with E-state index in [4.69, 9.17) is 20.8 Å². The number of carbonyl (C=O) groups is 1. The first-order valence-electron chi connectivity index (χ1n) is 7.46. The van der Waals surface area contributed by atoms with Gasteiger partial charge in [-0.1, -0.05) is 57.9 Å². The molecule has 7 heteroatoms. The number of benzene rings is 2. The zero-order valence-corrected chi connectivity index (χ0v) is 15.5. The lowest BCUT2D eigenvalue weighted by Gasteiger charge is -2.15. The molecule has 25 heavy (non-hydrogen) atoms. The van der Waals surface area contributed by atoms with Crippen molar-refractivity contribution in [1.29, 1.82) is 0 Å². The number of hydrogen-bond acceptors (Lipinski definition) is 4. The Labute approximate surface area is 158 Å². The highest BCUT2D eigenvalue weighted by atomic mass is 79.9. The van der Waals surface area contributed by atoms with Gasteiger partial charge in [0.25, 0.3) is 0 Å². The molecule has 1 N–H and O–H groups in total. The Morgan fingerprint density at radius 1 is 1.24 bits per heavy atom. The van der Waals surface area contributed by atoms with Gasteiger partial charge in [-0.05, 0) is 25.1 Å². The first-order chi connectivity index (χ1) is 12.0. The van der Waals surface area contributed by atoms with Gasteiger partial charge < -0.3 is 9.15 Å². The molecule has 0 aliphatic rings. The van der Waals surface area contributed by atoms with E-state index in [0.29, 0.717) is 10.7 Å². The van der Waals surface area contributed by atoms with Crippen molar-refractivity contribution >= 4 is 39.5 Å². The summed E-state index contributed by atoms with van der Waals surface area (Å²) in [4.78, 5) is 16.3. The Morgan fingerprint density at radius 3 is 2.68 bits per heavy atom. The lowest BCUT2D eigenvalue weighted by atomic mass is 10.1. The van der Waals surface area contributed by atoms with Crippen molar-refractivity contribution in [2.75, 3.05) is 5.32 Å². The van der Waals surface area contributed by atoms with Crippen LogP contribution in [0.3, 0.4) is 0 Å². The van der Waals surface area contributed by atoms with Gasteiger partial charge in [-0.15, -0.1) is 0 Å². The highest BCUT2D eigenvalue weighted by Crippen LogP contribution is 2.29. The van der Waals surface area contributed by atoms with E-state index in [1.165, 1.54) is 6.39 Å². The van der Waals surface area contributed by atoms with Gasteiger partial charge in [0.2, 0.25) is 5.88 Å². The molecule has 0 saturated heterocycles. The van der Waals surface area contributed by atoms with Gasteiger partial charge in [0, 0.05) is 20.6 Å². The van der Waals surface area contributed by atoms with E-state index >= 15 is 0 Å². The molecule has 1 aromatic heterocycles. The van der Waals surface area contributed by atoms with Crippen LogP contribution in [0.25, 0.3) is 11.3 Å². The standard InChI is InChI=1S/C18H14BrClN2O3/c1-11(14-4-2-3-5-15(14)20)25-18(23)22-17-16(21-10-24-17)12-6-8-13(19)9-7-12/h2-11H,1H3,(H,22,23)/t11-/m1/s1. The first-order valence-corrected chi connectivity index (χ1v) is 8.63. The Bertz CT molecular complexity index is 880. The summed E-state index contributed by atoms with van der Waals surface area (Å²) < 4.78 is 11.6. The zero-order valence-electron chi connectivity index (χ0n) is 13.2. The van der Waals surface area contributed by atoms with Crippen LogP contribution in [-0.2, 0) is 4.74 Å². The number of nitrogens with zero attached hydrogens (tertiary/aromatic N) is 1. The number of rotatable bonds is 4. The second-order valence-electron chi connectivity index (χ2n) is 5.23. The fraction of sp³-hybridized carbons (Fsp3) is 0.111. The molecule has 5 nitrogen and oxygen atoms in total. The SMILES string of the molecule is C[C@@H](OC(=O)Nc1ocnc1-c1ccc(Br)cc1)c1ccccc1Cl. The predicted octanol–water partition coefficient (Wildman–Crippen LogP) is 6.07. The van der Waals surface area contributed by atoms with Crippen LogP contribution in [0.1, 0.15) is 18.6 Å². The van der Waals surface area contributed by atoms with Gasteiger partial charge in [0.1, 0.15) is 11.8 Å². The Hall–Kier alpha value is -2.31. The molecule has 1 heterocycles. The lowest BCUT2D eigenvalue weighted by Crippen LogP contribution is -2.16. The maximum absolute atomic E-state index is 12.2. The van der Waals surface area contributed by atoms with E-state index < -0.39 is 12.2 Å². The minimum Gasteiger partial charge on any atom is -0.441 e. The second-order valence-corrected chi connectivity index (χ2v) is 6.55. The Balaban J connectivity index is 1.71. The van der Waals surface area contributed by atoms with Crippen molar-refractivity contribution in [2.45, 2.75) is 13.0 Å². The molecule has 0 aliphatic heterocycles. The van der Waals surface area contributed by atoms with Crippen LogP contribution in [0.4, 0.5) is 10.7 Å². The summed E-state index contributed by atoms with van der Waals surface area (Å²) >= 11 is 9.50. The fourth-order valence-corrected chi connectivity index (χ4v) is 2.85. The molecule has 1 atom stereocenters. The number of anilines is 1. The predicted molar refractivity (Wildman–Crippen MR) is 99.6 cm³/mol. The fourth-order valence-electron chi connectivity index (χ4n) is 2.30. The van der Waals surface area contributed by atoms with Gasteiger partial charge >= 0.3 is 6.09 Å². The van der Waals surface area contributed by atoms with Crippen LogP contribution in [0.2, 0.25) is 5.02 Å². The van der Waals surface area contributed by atoms with Gasteiger partial charge in [-0.2, -0.15) is 0 Å². The maximum Gasteiger partial charge on any atom is 0.414 e. The van der Waals surface area contributed by atoms with E-state index in [0.717, 1.165) is 15.6 Å². The highest BCUT2D eigenvalue weighted by molar-refractivity contribution is 9.10. The summed E-state index contributed by atoms with van der Waals surface area (Å²) in [6, 6.07) is 14.7. The number of amides is 1. The van der Waals surface area contributed by atoms with Crippen LogP contribution in [-0.4, -0.2) is 11.1 Å². The van der Waals surface area contributed by atoms with Crippen molar-refractivity contribution in [3.63, 3.8) is 0 Å². The number of halogens is 2. The number of carbonyl (C=O) groups excluding carboxylic acids is 1. The average molecular weight is 422 g/mol. The van der Waals surface area contributed by atoms with Crippen LogP contribution in [0, 0.1) is 0 Å². The Morgan fingerprint density at radius 2 is 1.96 bits per heavy atom. The maximum atomic E-state index is 12.2. The summed E-state index contributed by atoms with van der Waals surface area (Å²) in [5, 5.41) is 3.12. The van der Waals surface area contributed by atoms with Crippen LogP contribution in [0.15, 0.2) is 63.8 Å². The summed E-state index contributed by atoms with van der Waals surface area (Å²) in [5.74, 6) is 0.221. The first kappa shape index (κ1) is 17.5. The second kappa shape index (κ2) is 7.72. The molecular weight excluding hydrogens is 408 g/mol. The van der Waals surface area contributed by atoms with Crippen molar-refractivity contribution in [3.8, 4) is 11.3 Å². The summed E-state index contributed by atoms with van der Waals surface area (Å²) in [5.41, 5.74) is 2.06. The number of oxazole rings is 1. The smallest absolute Gasteiger partial charge is 0.414 e. The summed E-state index contributed by atoms with van der Waals surface area (Å²) in [6.45, 7) is 1.75. The van der Waals surface area contributed by atoms with Crippen LogP contribution in [0.5, 0.6) is 0 Å². The number of nitrogens with one attached hydrogen (secondary N) is 1. The molecule has 3 rings (SSSR count). The van der Waals surface area contributed by atoms with Gasteiger partial charge in [-0.25, -0.2) is 9.78 Å². The van der Waals surface area contributed by atoms with Crippen molar-refractivity contribution < 1.29 is 13.9 Å². The van der Waals surface area contributed by atoms with Crippen LogP contribution >= 0.6 is 27.5 Å². The lowest BCUT2D eigenvalue weighted by molar-refractivity contribution is 0.120. The van der Waals surface area contributed by atoms with Crippen molar-refractivity contribution in [3.05, 3.63) is 70.0 Å². The van der Waals surface area contributed by atoms with E-state index in [9.17, 15) is 4.79 Å². The van der Waals surface area contributed by atoms with E-state index in [1.807, 2.05) is 42.5 Å². The number of aromatic nitrogens is 1. The summed E-state index contributed by atoms with van der Waals surface area (Å²) in [7, 11) is 0. The zero-order chi connectivity index (χ0) is 17.8. The molecule has 0 saturated carbocycles. The van der Waals surface area contributed by atoms with Crippen LogP contribution < -0.4 is 5.32 Å².